The van der Waals surface area contributed by atoms with E-state index in [-0.39, 0.29) is 5.91 Å². The Labute approximate surface area is 178 Å². The maximum atomic E-state index is 12.8. The number of nitrogens with zero attached hydrogens (tertiary/aromatic N) is 3. The van der Waals surface area contributed by atoms with E-state index in [0.29, 0.717) is 24.6 Å². The van der Waals surface area contributed by atoms with Gasteiger partial charge in [0.15, 0.2) is 5.69 Å². The van der Waals surface area contributed by atoms with Crippen LogP contribution >= 0.6 is 15.9 Å². The lowest BCUT2D eigenvalue weighted by molar-refractivity contribution is 0.0948. The average Bonchev–Trinajstić information content (AvgIpc) is 3.46. The normalized spacial score (nSPS) is 13.3. The van der Waals surface area contributed by atoms with E-state index in [1.807, 2.05) is 43.3 Å². The first-order valence-electron chi connectivity index (χ1n) is 9.70. The lowest BCUT2D eigenvalue weighted by Gasteiger charge is -2.10. The van der Waals surface area contributed by atoms with Gasteiger partial charge in [-0.15, -0.1) is 5.10 Å². The Kier molecular flexibility index (Phi) is 5.67. The number of nitrogens with one attached hydrogen (secondary N) is 1. The van der Waals surface area contributed by atoms with Crippen LogP contribution in [0, 0.1) is 6.92 Å². The molecule has 0 saturated heterocycles. The predicted octanol–water partition coefficient (Wildman–Crippen LogP) is 4.20. The van der Waals surface area contributed by atoms with Crippen molar-refractivity contribution in [1.82, 2.24) is 20.3 Å². The van der Waals surface area contributed by atoms with Crippen molar-refractivity contribution in [1.29, 1.82) is 0 Å². The highest BCUT2D eigenvalue weighted by Crippen LogP contribution is 2.42. The number of rotatable bonds is 7. The third-order valence-electron chi connectivity index (χ3n) is 5.07. The van der Waals surface area contributed by atoms with Crippen LogP contribution in [0.25, 0.3) is 5.69 Å². The van der Waals surface area contributed by atoms with Gasteiger partial charge in [-0.2, -0.15) is 0 Å². The van der Waals surface area contributed by atoms with Crippen molar-refractivity contribution in [2.75, 3.05) is 13.7 Å². The van der Waals surface area contributed by atoms with Crippen LogP contribution in [0.4, 0.5) is 0 Å². The number of hydrogen-bond acceptors (Lipinski definition) is 4. The minimum Gasteiger partial charge on any atom is -0.496 e. The second-order valence-corrected chi connectivity index (χ2v) is 8.22. The highest BCUT2D eigenvalue weighted by molar-refractivity contribution is 9.10. The Balaban J connectivity index is 1.49. The molecule has 29 heavy (non-hydrogen) atoms. The average molecular weight is 455 g/mol. The van der Waals surface area contributed by atoms with Gasteiger partial charge in [0, 0.05) is 16.9 Å². The zero-order valence-corrected chi connectivity index (χ0v) is 18.1. The number of carbonyl (C=O) groups excluding carboxylic acids is 1. The number of hydrogen-bond donors (Lipinski definition) is 1. The van der Waals surface area contributed by atoms with Crippen LogP contribution in [-0.4, -0.2) is 34.6 Å². The molecule has 3 aromatic rings. The fourth-order valence-corrected chi connectivity index (χ4v) is 3.71. The fourth-order valence-electron chi connectivity index (χ4n) is 3.44. The summed E-state index contributed by atoms with van der Waals surface area (Å²) < 4.78 is 8.21. The SMILES string of the molecule is COc1ccc(C)cc1CCNC(=O)c1nnn(-c2ccc(Br)cc2)c1C1CC1. The standard InChI is InChI=1S/C22H23BrN4O2/c1-14-3-10-19(29-2)16(13-14)11-12-24-22(28)20-21(15-4-5-15)27(26-25-20)18-8-6-17(23)7-9-18/h3,6-10,13,15H,4-5,11-12H2,1-2H3,(H,24,28). The molecule has 6 nitrogen and oxygen atoms in total. The van der Waals surface area contributed by atoms with Gasteiger partial charge in [0.1, 0.15) is 5.75 Å². The van der Waals surface area contributed by atoms with Gasteiger partial charge in [0.05, 0.1) is 18.5 Å². The Morgan fingerprint density at radius 2 is 2.00 bits per heavy atom. The Hall–Kier alpha value is -2.67. The second-order valence-electron chi connectivity index (χ2n) is 7.31. The Morgan fingerprint density at radius 1 is 1.24 bits per heavy atom. The van der Waals surface area contributed by atoms with E-state index in [9.17, 15) is 4.79 Å². The predicted molar refractivity (Wildman–Crippen MR) is 115 cm³/mol. The molecule has 1 aliphatic carbocycles. The number of ether oxygens (including phenoxy) is 1. The van der Waals surface area contributed by atoms with E-state index >= 15 is 0 Å². The third kappa shape index (κ3) is 4.34. The molecule has 0 bridgehead atoms. The van der Waals surface area contributed by atoms with Crippen molar-refractivity contribution in [3.8, 4) is 11.4 Å². The summed E-state index contributed by atoms with van der Waals surface area (Å²) in [5.74, 6) is 0.998. The fraction of sp³-hybridized carbons (Fsp3) is 0.318. The molecule has 1 saturated carbocycles. The van der Waals surface area contributed by atoms with Crippen molar-refractivity contribution >= 4 is 21.8 Å². The molecule has 0 atom stereocenters. The number of methoxy groups -OCH3 is 1. The summed E-state index contributed by atoms with van der Waals surface area (Å²) in [7, 11) is 1.66. The van der Waals surface area contributed by atoms with Crippen molar-refractivity contribution in [2.24, 2.45) is 0 Å². The molecule has 4 rings (SSSR count). The summed E-state index contributed by atoms with van der Waals surface area (Å²) in [6.45, 7) is 2.55. The monoisotopic (exact) mass is 454 g/mol. The molecule has 1 fully saturated rings. The van der Waals surface area contributed by atoms with Crippen LogP contribution in [0.15, 0.2) is 46.9 Å². The van der Waals surface area contributed by atoms with Crippen LogP contribution in [0.2, 0.25) is 0 Å². The van der Waals surface area contributed by atoms with Gasteiger partial charge in [-0.05, 0) is 62.1 Å². The summed E-state index contributed by atoms with van der Waals surface area (Å²) in [5.41, 5.74) is 4.48. The van der Waals surface area contributed by atoms with Gasteiger partial charge in [0.2, 0.25) is 0 Å². The maximum absolute atomic E-state index is 12.8. The van der Waals surface area contributed by atoms with Crippen molar-refractivity contribution in [2.45, 2.75) is 32.1 Å². The van der Waals surface area contributed by atoms with Crippen LogP contribution in [-0.2, 0) is 6.42 Å². The molecule has 1 amide bonds. The van der Waals surface area contributed by atoms with Gasteiger partial charge in [0.25, 0.3) is 5.91 Å². The molecular formula is C22H23BrN4O2. The summed E-state index contributed by atoms with van der Waals surface area (Å²) >= 11 is 3.45. The number of aromatic nitrogens is 3. The zero-order valence-electron chi connectivity index (χ0n) is 16.5. The molecule has 0 aliphatic heterocycles. The topological polar surface area (TPSA) is 69.0 Å². The summed E-state index contributed by atoms with van der Waals surface area (Å²) in [4.78, 5) is 12.8. The first-order valence-corrected chi connectivity index (χ1v) is 10.5. The number of aryl methyl sites for hydroxylation is 1. The minimum atomic E-state index is -0.179. The molecule has 1 heterocycles. The lowest BCUT2D eigenvalue weighted by Crippen LogP contribution is -2.27. The summed E-state index contributed by atoms with van der Waals surface area (Å²) in [6, 6.07) is 13.9. The van der Waals surface area contributed by atoms with E-state index < -0.39 is 0 Å². The van der Waals surface area contributed by atoms with E-state index in [1.165, 1.54) is 5.56 Å². The number of carbonyl (C=O) groups is 1. The van der Waals surface area contributed by atoms with Gasteiger partial charge in [-0.3, -0.25) is 4.79 Å². The lowest BCUT2D eigenvalue weighted by atomic mass is 10.1. The third-order valence-corrected chi connectivity index (χ3v) is 5.60. The summed E-state index contributed by atoms with van der Waals surface area (Å²) in [6.07, 6.45) is 2.81. The number of benzene rings is 2. The molecule has 150 valence electrons. The smallest absolute Gasteiger partial charge is 0.273 e. The highest BCUT2D eigenvalue weighted by atomic mass is 79.9. The molecule has 1 aromatic heterocycles. The van der Waals surface area contributed by atoms with E-state index in [2.05, 4.69) is 37.6 Å². The largest absolute Gasteiger partial charge is 0.496 e. The van der Waals surface area contributed by atoms with Gasteiger partial charge in [-0.1, -0.05) is 38.8 Å². The Bertz CT molecular complexity index is 1030. The second kappa shape index (κ2) is 8.37. The summed E-state index contributed by atoms with van der Waals surface area (Å²) in [5, 5.41) is 11.5. The van der Waals surface area contributed by atoms with Gasteiger partial charge in [-0.25, -0.2) is 4.68 Å². The van der Waals surface area contributed by atoms with Crippen molar-refractivity contribution in [3.63, 3.8) is 0 Å². The van der Waals surface area contributed by atoms with Crippen LogP contribution in [0.3, 0.4) is 0 Å². The van der Waals surface area contributed by atoms with Gasteiger partial charge >= 0.3 is 0 Å². The zero-order chi connectivity index (χ0) is 20.4. The molecule has 0 radical (unpaired) electrons. The first kappa shape index (κ1) is 19.6. The van der Waals surface area contributed by atoms with E-state index in [4.69, 9.17) is 4.74 Å². The van der Waals surface area contributed by atoms with Crippen molar-refractivity contribution in [3.05, 3.63) is 69.5 Å². The van der Waals surface area contributed by atoms with Crippen LogP contribution in [0.1, 0.15) is 46.1 Å². The number of amides is 1. The molecule has 1 aliphatic rings. The molecule has 1 N–H and O–H groups in total. The molecule has 7 heteroatoms. The van der Waals surface area contributed by atoms with Crippen LogP contribution < -0.4 is 10.1 Å². The van der Waals surface area contributed by atoms with Gasteiger partial charge < -0.3 is 10.1 Å². The number of halogens is 1. The quantitative estimate of drug-likeness (QED) is 0.580. The van der Waals surface area contributed by atoms with Crippen LogP contribution in [0.5, 0.6) is 5.75 Å². The highest BCUT2D eigenvalue weighted by Gasteiger charge is 2.34. The van der Waals surface area contributed by atoms with E-state index in [0.717, 1.165) is 40.0 Å². The Morgan fingerprint density at radius 3 is 2.69 bits per heavy atom. The minimum absolute atomic E-state index is 0.179. The molecule has 0 unspecified atom stereocenters. The molecular weight excluding hydrogens is 432 g/mol. The first-order chi connectivity index (χ1) is 14.1. The van der Waals surface area contributed by atoms with Crippen molar-refractivity contribution < 1.29 is 9.53 Å². The molecule has 2 aromatic carbocycles. The van der Waals surface area contributed by atoms with E-state index in [1.54, 1.807) is 11.8 Å². The molecule has 0 spiro atoms. The maximum Gasteiger partial charge on any atom is 0.273 e.